The molecule has 0 saturated carbocycles. The average molecular weight is 380 g/mol. The van der Waals surface area contributed by atoms with Crippen LogP contribution in [0.2, 0.25) is 0 Å². The van der Waals surface area contributed by atoms with Gasteiger partial charge in [-0.2, -0.15) is 0 Å². The number of thioether (sulfide) groups is 1. The van der Waals surface area contributed by atoms with Gasteiger partial charge in [0.05, 0.1) is 12.8 Å². The van der Waals surface area contributed by atoms with Crippen molar-refractivity contribution in [3.8, 4) is 11.5 Å². The third-order valence-corrected chi connectivity index (χ3v) is 5.38. The Morgan fingerprint density at radius 3 is 2.46 bits per heavy atom. The summed E-state index contributed by atoms with van der Waals surface area (Å²) in [6, 6.07) is 0. The van der Waals surface area contributed by atoms with E-state index in [1.54, 1.807) is 6.92 Å². The Hall–Kier alpha value is -2.02. The summed E-state index contributed by atoms with van der Waals surface area (Å²) in [5.41, 5.74) is 3.62. The largest absolute Gasteiger partial charge is 0.489 e. The molecule has 1 heterocycles. The highest BCUT2D eigenvalue weighted by Gasteiger charge is 2.30. The van der Waals surface area contributed by atoms with Gasteiger partial charge in [-0.3, -0.25) is 14.4 Å². The molecule has 0 aromatic heterocycles. The zero-order valence-electron chi connectivity index (χ0n) is 15.5. The molecule has 0 amide bonds. The number of esters is 1. The Morgan fingerprint density at radius 2 is 1.85 bits per heavy atom. The molecule has 142 valence electrons. The van der Waals surface area contributed by atoms with Gasteiger partial charge in [-0.05, 0) is 43.9 Å². The van der Waals surface area contributed by atoms with E-state index < -0.39 is 11.9 Å². The van der Waals surface area contributed by atoms with Crippen molar-refractivity contribution in [3.63, 3.8) is 0 Å². The number of carbonyl (C=O) groups excluding carboxylic acids is 2. The second-order valence-corrected chi connectivity index (χ2v) is 7.72. The number of carbonyl (C=O) groups is 3. The van der Waals surface area contributed by atoms with Crippen LogP contribution in [0, 0.1) is 20.8 Å². The molecular weight excluding hydrogens is 356 g/mol. The summed E-state index contributed by atoms with van der Waals surface area (Å²) in [6.45, 7) is 7.23. The van der Waals surface area contributed by atoms with Gasteiger partial charge in [-0.15, -0.1) is 0 Å². The van der Waals surface area contributed by atoms with Crippen molar-refractivity contribution in [3.05, 3.63) is 22.3 Å². The van der Waals surface area contributed by atoms with Gasteiger partial charge < -0.3 is 14.6 Å². The summed E-state index contributed by atoms with van der Waals surface area (Å²) in [5.74, 6) is 0.468. The van der Waals surface area contributed by atoms with E-state index in [9.17, 15) is 14.4 Å². The first-order valence-corrected chi connectivity index (χ1v) is 9.54. The van der Waals surface area contributed by atoms with Crippen molar-refractivity contribution in [1.82, 2.24) is 0 Å². The first-order valence-electron chi connectivity index (χ1n) is 8.55. The van der Waals surface area contributed by atoms with E-state index in [1.807, 2.05) is 20.8 Å². The smallest absolute Gasteiger partial charge is 0.311 e. The average Bonchev–Trinajstić information content (AvgIpc) is 2.99. The molecule has 0 spiro atoms. The molecule has 0 radical (unpaired) electrons. The first kappa shape index (κ1) is 20.3. The van der Waals surface area contributed by atoms with E-state index in [0.29, 0.717) is 17.9 Å². The molecule has 6 nitrogen and oxygen atoms in total. The van der Waals surface area contributed by atoms with Crippen LogP contribution in [0.15, 0.2) is 0 Å². The maximum absolute atomic E-state index is 12.0. The lowest BCUT2D eigenvalue weighted by Crippen LogP contribution is -2.14. The molecule has 0 fully saturated rings. The van der Waals surface area contributed by atoms with Gasteiger partial charge >= 0.3 is 11.9 Å². The fourth-order valence-electron chi connectivity index (χ4n) is 3.02. The third kappa shape index (κ3) is 4.78. The van der Waals surface area contributed by atoms with Gasteiger partial charge in [-0.1, -0.05) is 11.8 Å². The Bertz CT molecular complexity index is 740. The molecule has 1 aliphatic rings. The van der Waals surface area contributed by atoms with E-state index in [2.05, 4.69) is 0 Å². The zero-order chi connectivity index (χ0) is 19.4. The second kappa shape index (κ2) is 8.58. The quantitative estimate of drug-likeness (QED) is 0.573. The number of fused-ring (bicyclic) bond motifs is 1. The standard InChI is InChI=1S/C19H24O6S/c1-10-11(2)19-15(9-14(24-19)7-8-26-13(4)20)12(3)18(10)25-17(23)6-5-16(21)22/h14H,5-9H2,1-4H3,(H,21,22). The fourth-order valence-corrected chi connectivity index (χ4v) is 3.69. The van der Waals surface area contributed by atoms with Crippen LogP contribution in [0.4, 0.5) is 0 Å². The van der Waals surface area contributed by atoms with Crippen LogP contribution in [0.25, 0.3) is 0 Å². The lowest BCUT2D eigenvalue weighted by molar-refractivity contribution is -0.142. The van der Waals surface area contributed by atoms with Crippen LogP contribution >= 0.6 is 11.8 Å². The number of benzene rings is 1. The maximum atomic E-state index is 12.0. The lowest BCUT2D eigenvalue weighted by Gasteiger charge is -2.17. The summed E-state index contributed by atoms with van der Waals surface area (Å²) >= 11 is 1.29. The molecule has 1 aromatic carbocycles. The van der Waals surface area contributed by atoms with E-state index in [0.717, 1.165) is 34.4 Å². The van der Waals surface area contributed by atoms with Crippen molar-refractivity contribution in [2.75, 3.05) is 5.75 Å². The molecule has 1 atom stereocenters. The summed E-state index contributed by atoms with van der Waals surface area (Å²) in [6.07, 6.45) is 1.07. The minimum Gasteiger partial charge on any atom is -0.489 e. The molecule has 1 aliphatic heterocycles. The van der Waals surface area contributed by atoms with Gasteiger partial charge in [0.1, 0.15) is 17.6 Å². The Labute approximate surface area is 157 Å². The van der Waals surface area contributed by atoms with Gasteiger partial charge in [0.25, 0.3) is 0 Å². The fraction of sp³-hybridized carbons (Fsp3) is 0.526. The predicted octanol–water partition coefficient (Wildman–Crippen LogP) is 3.36. The third-order valence-electron chi connectivity index (χ3n) is 4.53. The molecule has 0 aliphatic carbocycles. The Morgan fingerprint density at radius 1 is 1.15 bits per heavy atom. The van der Waals surface area contributed by atoms with Crippen LogP contribution in [0.5, 0.6) is 11.5 Å². The minimum absolute atomic E-state index is 0.00612. The molecule has 1 aromatic rings. The topological polar surface area (TPSA) is 89.9 Å². The lowest BCUT2D eigenvalue weighted by atomic mass is 9.95. The van der Waals surface area contributed by atoms with Gasteiger partial charge in [0.2, 0.25) is 0 Å². The van der Waals surface area contributed by atoms with Crippen LogP contribution in [-0.2, 0) is 20.8 Å². The van der Waals surface area contributed by atoms with Crippen molar-refractivity contribution < 1.29 is 29.0 Å². The highest BCUT2D eigenvalue weighted by Crippen LogP contribution is 2.43. The van der Waals surface area contributed by atoms with Crippen molar-refractivity contribution in [1.29, 1.82) is 0 Å². The van der Waals surface area contributed by atoms with E-state index in [4.69, 9.17) is 14.6 Å². The summed E-state index contributed by atoms with van der Waals surface area (Å²) in [7, 11) is 0. The molecule has 7 heteroatoms. The highest BCUT2D eigenvalue weighted by atomic mass is 32.2. The number of hydrogen-bond donors (Lipinski definition) is 1. The molecule has 2 rings (SSSR count). The number of carboxylic acids is 1. The van der Waals surface area contributed by atoms with E-state index in [1.165, 1.54) is 11.8 Å². The molecule has 26 heavy (non-hydrogen) atoms. The Kier molecular flexibility index (Phi) is 6.69. The van der Waals surface area contributed by atoms with Crippen LogP contribution in [-0.4, -0.2) is 34.0 Å². The van der Waals surface area contributed by atoms with Crippen molar-refractivity contribution in [2.45, 2.75) is 59.5 Å². The first-order chi connectivity index (χ1) is 12.2. The van der Waals surface area contributed by atoms with Crippen molar-refractivity contribution >= 4 is 28.8 Å². The van der Waals surface area contributed by atoms with Crippen molar-refractivity contribution in [2.24, 2.45) is 0 Å². The highest BCUT2D eigenvalue weighted by molar-refractivity contribution is 8.13. The summed E-state index contributed by atoms with van der Waals surface area (Å²) in [5, 5.41) is 8.79. The minimum atomic E-state index is -1.03. The number of rotatable bonds is 7. The molecule has 1 N–H and O–H groups in total. The Balaban J connectivity index is 2.15. The number of hydrogen-bond acceptors (Lipinski definition) is 6. The molecular formula is C19H24O6S. The van der Waals surface area contributed by atoms with Crippen LogP contribution < -0.4 is 9.47 Å². The number of carboxylic acid groups (broad SMARTS) is 1. The normalized spacial score (nSPS) is 15.3. The van der Waals surface area contributed by atoms with Crippen LogP contribution in [0.1, 0.15) is 48.4 Å². The predicted molar refractivity (Wildman–Crippen MR) is 99.0 cm³/mol. The molecule has 0 saturated heterocycles. The van der Waals surface area contributed by atoms with Crippen LogP contribution in [0.3, 0.4) is 0 Å². The molecule has 1 unspecified atom stereocenters. The zero-order valence-corrected chi connectivity index (χ0v) is 16.3. The summed E-state index contributed by atoms with van der Waals surface area (Å²) in [4.78, 5) is 33.6. The number of aliphatic carboxylic acids is 1. The SMILES string of the molecule is CC(=O)SCCC1Cc2c(C)c(OC(=O)CCC(=O)O)c(C)c(C)c2O1. The second-order valence-electron chi connectivity index (χ2n) is 6.45. The van der Waals surface area contributed by atoms with Gasteiger partial charge in [0.15, 0.2) is 5.12 Å². The van der Waals surface area contributed by atoms with E-state index >= 15 is 0 Å². The molecule has 0 bridgehead atoms. The number of ether oxygens (including phenoxy) is 2. The summed E-state index contributed by atoms with van der Waals surface area (Å²) < 4.78 is 11.6. The monoisotopic (exact) mass is 380 g/mol. The van der Waals surface area contributed by atoms with Gasteiger partial charge in [0, 0.05) is 24.7 Å². The van der Waals surface area contributed by atoms with Gasteiger partial charge in [-0.25, -0.2) is 0 Å². The van der Waals surface area contributed by atoms with E-state index in [-0.39, 0.29) is 24.1 Å². The maximum Gasteiger partial charge on any atom is 0.311 e.